The molecule has 0 atom stereocenters. The molecule has 1 N–H and O–H groups in total. The Kier molecular flexibility index (Phi) is 2.22. The average molecular weight is 295 g/mol. The molecule has 0 aliphatic carbocycles. The van der Waals surface area contributed by atoms with Gasteiger partial charge in [0.05, 0.1) is 14.8 Å². The Morgan fingerprint density at radius 2 is 2.00 bits per heavy atom. The van der Waals surface area contributed by atoms with Gasteiger partial charge < -0.3 is 4.98 Å². The van der Waals surface area contributed by atoms with Gasteiger partial charge in [0.25, 0.3) is 0 Å². The second kappa shape index (κ2) is 3.61. The zero-order valence-electron chi connectivity index (χ0n) is 8.11. The van der Waals surface area contributed by atoms with Crippen molar-refractivity contribution in [1.82, 2.24) is 9.55 Å². The van der Waals surface area contributed by atoms with Crippen LogP contribution in [-0.2, 0) is 0 Å². The quantitative estimate of drug-likeness (QED) is 0.736. The zero-order valence-corrected chi connectivity index (χ0v) is 10.5. The molecule has 0 amide bonds. The van der Waals surface area contributed by atoms with Gasteiger partial charge in [-0.15, -0.1) is 11.3 Å². The summed E-state index contributed by atoms with van der Waals surface area (Å²) in [5.74, 6) is 0. The third-order valence-corrected chi connectivity index (χ3v) is 3.98. The minimum Gasteiger partial charge on any atom is -0.305 e. The van der Waals surface area contributed by atoms with E-state index in [9.17, 15) is 4.79 Å². The van der Waals surface area contributed by atoms with Crippen molar-refractivity contribution >= 4 is 38.3 Å². The summed E-state index contributed by atoms with van der Waals surface area (Å²) in [6.45, 7) is 0. The van der Waals surface area contributed by atoms with Gasteiger partial charge in [-0.1, -0.05) is 12.1 Å². The molecule has 0 radical (unpaired) electrons. The van der Waals surface area contributed by atoms with E-state index in [0.29, 0.717) is 0 Å². The molecule has 1 aromatic carbocycles. The van der Waals surface area contributed by atoms with E-state index in [1.165, 1.54) is 11.3 Å². The molecule has 2 heterocycles. The number of imidazole rings is 1. The standard InChI is InChI=1S/C11H7BrN2OS/c12-9-5-6-10(16-9)14-8-4-2-1-3-7(8)13-11(14)15/h1-6H,(H,13,15). The Morgan fingerprint density at radius 1 is 1.19 bits per heavy atom. The number of aromatic nitrogens is 2. The predicted molar refractivity (Wildman–Crippen MR) is 69.5 cm³/mol. The van der Waals surface area contributed by atoms with E-state index in [-0.39, 0.29) is 5.69 Å². The van der Waals surface area contributed by atoms with E-state index in [2.05, 4.69) is 20.9 Å². The van der Waals surface area contributed by atoms with Crippen LogP contribution in [0.4, 0.5) is 0 Å². The van der Waals surface area contributed by atoms with Gasteiger partial charge in [0, 0.05) is 0 Å². The van der Waals surface area contributed by atoms with Crippen molar-refractivity contribution in [3.05, 3.63) is 50.7 Å². The molecular weight excluding hydrogens is 288 g/mol. The van der Waals surface area contributed by atoms with Gasteiger partial charge in [-0.25, -0.2) is 4.79 Å². The number of rotatable bonds is 1. The van der Waals surface area contributed by atoms with Crippen molar-refractivity contribution in [2.75, 3.05) is 0 Å². The minimum absolute atomic E-state index is 0.101. The number of halogens is 1. The Hall–Kier alpha value is -1.33. The molecule has 3 nitrogen and oxygen atoms in total. The van der Waals surface area contributed by atoms with Gasteiger partial charge in [-0.3, -0.25) is 4.57 Å². The van der Waals surface area contributed by atoms with Crippen molar-refractivity contribution in [1.29, 1.82) is 0 Å². The van der Waals surface area contributed by atoms with Crippen LogP contribution < -0.4 is 5.69 Å². The Morgan fingerprint density at radius 3 is 2.75 bits per heavy atom. The van der Waals surface area contributed by atoms with Crippen LogP contribution in [-0.4, -0.2) is 9.55 Å². The van der Waals surface area contributed by atoms with Crippen molar-refractivity contribution in [2.45, 2.75) is 0 Å². The maximum absolute atomic E-state index is 11.8. The summed E-state index contributed by atoms with van der Waals surface area (Å²) in [5.41, 5.74) is 1.66. The first-order chi connectivity index (χ1) is 7.75. The molecule has 5 heteroatoms. The lowest BCUT2D eigenvalue weighted by atomic mass is 10.3. The first kappa shape index (κ1) is 9.86. The van der Waals surface area contributed by atoms with Crippen LogP contribution in [0.25, 0.3) is 16.0 Å². The fraction of sp³-hybridized carbons (Fsp3) is 0. The van der Waals surface area contributed by atoms with Crippen LogP contribution in [0.2, 0.25) is 0 Å². The van der Waals surface area contributed by atoms with Gasteiger partial charge in [0.1, 0.15) is 5.00 Å². The van der Waals surface area contributed by atoms with Crippen molar-refractivity contribution in [2.24, 2.45) is 0 Å². The summed E-state index contributed by atoms with van der Waals surface area (Å²) in [7, 11) is 0. The zero-order chi connectivity index (χ0) is 11.1. The van der Waals surface area contributed by atoms with Crippen LogP contribution in [0, 0.1) is 0 Å². The van der Waals surface area contributed by atoms with Gasteiger partial charge in [0.2, 0.25) is 0 Å². The molecule has 0 saturated carbocycles. The van der Waals surface area contributed by atoms with Crippen LogP contribution in [0.5, 0.6) is 0 Å². The van der Waals surface area contributed by atoms with Crippen LogP contribution in [0.1, 0.15) is 0 Å². The number of benzene rings is 1. The lowest BCUT2D eigenvalue weighted by Crippen LogP contribution is -2.13. The summed E-state index contributed by atoms with van der Waals surface area (Å²) in [6.07, 6.45) is 0. The number of H-pyrrole nitrogens is 1. The van der Waals surface area contributed by atoms with Gasteiger partial charge in [-0.2, -0.15) is 0 Å². The second-order valence-electron chi connectivity index (χ2n) is 3.36. The Balaban J connectivity index is 2.39. The largest absolute Gasteiger partial charge is 0.331 e. The van der Waals surface area contributed by atoms with Gasteiger partial charge in [-0.05, 0) is 40.2 Å². The average Bonchev–Trinajstić information content (AvgIpc) is 2.80. The number of aromatic amines is 1. The highest BCUT2D eigenvalue weighted by Gasteiger charge is 2.09. The van der Waals surface area contributed by atoms with Crippen molar-refractivity contribution < 1.29 is 0 Å². The monoisotopic (exact) mass is 294 g/mol. The van der Waals surface area contributed by atoms with E-state index in [1.54, 1.807) is 4.57 Å². The lowest BCUT2D eigenvalue weighted by Gasteiger charge is -1.97. The number of para-hydroxylation sites is 2. The summed E-state index contributed by atoms with van der Waals surface area (Å²) >= 11 is 4.93. The summed E-state index contributed by atoms with van der Waals surface area (Å²) < 4.78 is 2.70. The predicted octanol–water partition coefficient (Wildman–Crippen LogP) is 3.14. The molecule has 0 saturated heterocycles. The maximum atomic E-state index is 11.8. The molecule has 16 heavy (non-hydrogen) atoms. The van der Waals surface area contributed by atoms with E-state index < -0.39 is 0 Å². The molecule has 2 aromatic heterocycles. The number of thiophene rings is 1. The topological polar surface area (TPSA) is 37.8 Å². The third kappa shape index (κ3) is 1.44. The molecule has 3 aromatic rings. The van der Waals surface area contributed by atoms with Crippen LogP contribution in [0.3, 0.4) is 0 Å². The fourth-order valence-corrected chi connectivity index (χ4v) is 3.07. The number of hydrogen-bond acceptors (Lipinski definition) is 2. The smallest absolute Gasteiger partial charge is 0.305 e. The molecule has 3 rings (SSSR count). The maximum Gasteiger partial charge on any atom is 0.331 e. The minimum atomic E-state index is -0.101. The highest BCUT2D eigenvalue weighted by atomic mass is 79.9. The molecule has 0 bridgehead atoms. The summed E-state index contributed by atoms with van der Waals surface area (Å²) in [5, 5.41) is 0.911. The number of fused-ring (bicyclic) bond motifs is 1. The van der Waals surface area contributed by atoms with E-state index in [4.69, 9.17) is 0 Å². The highest BCUT2D eigenvalue weighted by Crippen LogP contribution is 2.26. The lowest BCUT2D eigenvalue weighted by molar-refractivity contribution is 1.04. The second-order valence-corrected chi connectivity index (χ2v) is 5.80. The van der Waals surface area contributed by atoms with E-state index in [0.717, 1.165) is 19.8 Å². The molecule has 0 fully saturated rings. The molecule has 0 aliphatic rings. The first-order valence-electron chi connectivity index (χ1n) is 4.71. The molecule has 0 unspecified atom stereocenters. The number of hydrogen-bond donors (Lipinski definition) is 1. The van der Waals surface area contributed by atoms with E-state index in [1.807, 2.05) is 36.4 Å². The van der Waals surface area contributed by atoms with Crippen molar-refractivity contribution in [3.63, 3.8) is 0 Å². The SMILES string of the molecule is O=c1[nH]c2ccccc2n1-c1ccc(Br)s1. The Labute approximate surface area is 103 Å². The molecule has 0 spiro atoms. The van der Waals surface area contributed by atoms with Crippen LogP contribution in [0.15, 0.2) is 45.0 Å². The van der Waals surface area contributed by atoms with Crippen LogP contribution >= 0.6 is 27.3 Å². The molecule has 80 valence electrons. The highest BCUT2D eigenvalue weighted by molar-refractivity contribution is 9.11. The molecule has 0 aliphatic heterocycles. The summed E-state index contributed by atoms with van der Waals surface area (Å²) in [4.78, 5) is 14.7. The number of nitrogens with zero attached hydrogens (tertiary/aromatic N) is 1. The fourth-order valence-electron chi connectivity index (χ4n) is 1.70. The van der Waals surface area contributed by atoms with Gasteiger partial charge >= 0.3 is 5.69 Å². The normalized spacial score (nSPS) is 11.1. The van der Waals surface area contributed by atoms with E-state index >= 15 is 0 Å². The van der Waals surface area contributed by atoms with Gasteiger partial charge in [0.15, 0.2) is 0 Å². The first-order valence-corrected chi connectivity index (χ1v) is 6.32. The Bertz CT molecular complexity index is 710. The third-order valence-electron chi connectivity index (χ3n) is 2.37. The number of nitrogens with one attached hydrogen (secondary N) is 1. The summed E-state index contributed by atoms with van der Waals surface area (Å²) in [6, 6.07) is 11.5. The van der Waals surface area contributed by atoms with Crippen molar-refractivity contribution in [3.8, 4) is 5.00 Å². The molecular formula is C11H7BrN2OS.